The van der Waals surface area contributed by atoms with Crippen molar-refractivity contribution in [1.82, 2.24) is 10.2 Å². The van der Waals surface area contributed by atoms with E-state index in [0.717, 1.165) is 37.0 Å². The molecule has 6 heteroatoms. The Labute approximate surface area is 168 Å². The topological polar surface area (TPSA) is 55.3 Å². The average Bonchev–Trinajstić information content (AvgIpc) is 3.10. The Kier molecular flexibility index (Phi) is 5.41. The third-order valence-electron chi connectivity index (χ3n) is 7.08. The van der Waals surface area contributed by atoms with Gasteiger partial charge in [0.25, 0.3) is 0 Å². The predicted octanol–water partition coefficient (Wildman–Crippen LogP) is 2.71. The summed E-state index contributed by atoms with van der Waals surface area (Å²) in [4.78, 5) is 6.80. The van der Waals surface area contributed by atoms with Crippen LogP contribution in [0.25, 0.3) is 0 Å². The van der Waals surface area contributed by atoms with Gasteiger partial charge in [-0.15, -0.1) is 0 Å². The number of hydrogen-bond donors (Lipinski definition) is 1. The summed E-state index contributed by atoms with van der Waals surface area (Å²) in [6.45, 7) is 1.81. The molecule has 3 aliphatic rings. The first kappa shape index (κ1) is 19.4. The van der Waals surface area contributed by atoms with Crippen molar-refractivity contribution in [2.75, 3.05) is 41.5 Å². The molecule has 0 bridgehead atoms. The van der Waals surface area contributed by atoms with Gasteiger partial charge in [0, 0.05) is 44.6 Å². The third kappa shape index (κ3) is 3.11. The van der Waals surface area contributed by atoms with Crippen LogP contribution in [0.5, 0.6) is 11.5 Å². The Morgan fingerprint density at radius 3 is 2.71 bits per heavy atom. The number of aliphatic imine (C=N–C) groups is 1. The number of ether oxygens (including phenoxy) is 3. The van der Waals surface area contributed by atoms with Crippen LogP contribution in [0.4, 0.5) is 0 Å². The fraction of sp³-hybridized carbons (Fsp3) is 0.682. The van der Waals surface area contributed by atoms with Crippen LogP contribution in [0.15, 0.2) is 23.2 Å². The molecule has 28 heavy (non-hydrogen) atoms. The van der Waals surface area contributed by atoms with E-state index in [9.17, 15) is 0 Å². The van der Waals surface area contributed by atoms with Gasteiger partial charge in [0.1, 0.15) is 0 Å². The minimum Gasteiger partial charge on any atom is -0.493 e. The number of rotatable bonds is 6. The molecular weight excluding hydrogens is 354 g/mol. The first-order chi connectivity index (χ1) is 13.6. The van der Waals surface area contributed by atoms with Gasteiger partial charge in [0.15, 0.2) is 17.5 Å². The smallest absolute Gasteiger partial charge is 0.193 e. The van der Waals surface area contributed by atoms with E-state index in [1.54, 1.807) is 14.2 Å². The molecule has 3 atom stereocenters. The molecule has 1 aromatic rings. The zero-order chi connectivity index (χ0) is 19.7. The Morgan fingerprint density at radius 1 is 1.29 bits per heavy atom. The van der Waals surface area contributed by atoms with Crippen LogP contribution >= 0.6 is 0 Å². The second kappa shape index (κ2) is 7.82. The monoisotopic (exact) mass is 387 g/mol. The lowest BCUT2D eigenvalue weighted by Crippen LogP contribution is -2.72. The normalized spacial score (nSPS) is 27.6. The molecule has 2 aliphatic carbocycles. The molecule has 0 amide bonds. The minimum atomic E-state index is 0.362. The van der Waals surface area contributed by atoms with Gasteiger partial charge in [0.2, 0.25) is 0 Å². The molecule has 1 N–H and O–H groups in total. The first-order valence-corrected chi connectivity index (χ1v) is 10.4. The number of nitrogens with zero attached hydrogens (tertiary/aromatic N) is 2. The largest absolute Gasteiger partial charge is 0.493 e. The zero-order valence-electron chi connectivity index (χ0n) is 17.5. The fourth-order valence-electron chi connectivity index (χ4n) is 5.38. The second-order valence-corrected chi connectivity index (χ2v) is 8.36. The lowest BCUT2D eigenvalue weighted by atomic mass is 9.46. The van der Waals surface area contributed by atoms with Gasteiger partial charge in [-0.3, -0.25) is 4.99 Å². The van der Waals surface area contributed by atoms with E-state index < -0.39 is 0 Å². The maximum Gasteiger partial charge on any atom is 0.193 e. The third-order valence-corrected chi connectivity index (χ3v) is 7.08. The van der Waals surface area contributed by atoms with Crippen LogP contribution < -0.4 is 14.8 Å². The summed E-state index contributed by atoms with van der Waals surface area (Å²) in [6.07, 6.45) is 6.49. The van der Waals surface area contributed by atoms with Gasteiger partial charge >= 0.3 is 0 Å². The lowest BCUT2D eigenvalue weighted by molar-refractivity contribution is -0.171. The van der Waals surface area contributed by atoms with E-state index in [1.807, 2.05) is 13.1 Å². The van der Waals surface area contributed by atoms with Gasteiger partial charge in [-0.05, 0) is 43.4 Å². The molecule has 3 unspecified atom stereocenters. The summed E-state index contributed by atoms with van der Waals surface area (Å²) in [5.74, 6) is 3.18. The molecule has 6 nitrogen and oxygen atoms in total. The molecule has 1 saturated heterocycles. The number of guanidine groups is 1. The number of nitrogens with one attached hydrogen (secondary N) is 1. The van der Waals surface area contributed by atoms with E-state index in [2.05, 4.69) is 34.4 Å². The van der Waals surface area contributed by atoms with Crippen molar-refractivity contribution in [3.8, 4) is 11.5 Å². The zero-order valence-corrected chi connectivity index (χ0v) is 17.5. The van der Waals surface area contributed by atoms with E-state index in [-0.39, 0.29) is 0 Å². The lowest BCUT2D eigenvalue weighted by Gasteiger charge is -2.63. The Bertz CT molecular complexity index is 732. The Morgan fingerprint density at radius 2 is 2.07 bits per heavy atom. The van der Waals surface area contributed by atoms with Crippen LogP contribution in [0, 0.1) is 11.3 Å². The quantitative estimate of drug-likeness (QED) is 0.601. The van der Waals surface area contributed by atoms with Crippen LogP contribution in [-0.4, -0.2) is 64.5 Å². The molecule has 1 spiro atoms. The van der Waals surface area contributed by atoms with E-state index in [1.165, 1.54) is 31.2 Å². The summed E-state index contributed by atoms with van der Waals surface area (Å²) in [6, 6.07) is 6.63. The predicted molar refractivity (Wildman–Crippen MR) is 110 cm³/mol. The second-order valence-electron chi connectivity index (χ2n) is 8.36. The highest BCUT2D eigenvalue weighted by Gasteiger charge is 2.66. The van der Waals surface area contributed by atoms with Gasteiger partial charge < -0.3 is 24.4 Å². The summed E-state index contributed by atoms with van der Waals surface area (Å²) in [7, 11) is 7.33. The van der Waals surface area contributed by atoms with Crippen LogP contribution in [-0.2, 0) is 11.2 Å². The molecule has 1 aliphatic heterocycles. The molecule has 1 aromatic carbocycles. The van der Waals surface area contributed by atoms with Crippen molar-refractivity contribution in [2.24, 2.45) is 16.3 Å². The van der Waals surface area contributed by atoms with Gasteiger partial charge in [-0.1, -0.05) is 12.5 Å². The fourth-order valence-corrected chi connectivity index (χ4v) is 5.38. The van der Waals surface area contributed by atoms with Crippen molar-refractivity contribution in [3.63, 3.8) is 0 Å². The minimum absolute atomic E-state index is 0.362. The SMILES string of the molecule is CN=C(NC1C2CCOC2C12CCC2)N(C)CCc1ccc(OC)c(OC)c1. The van der Waals surface area contributed by atoms with Crippen molar-refractivity contribution < 1.29 is 14.2 Å². The average molecular weight is 388 g/mol. The number of methoxy groups -OCH3 is 2. The molecule has 2 saturated carbocycles. The molecule has 1 heterocycles. The summed E-state index contributed by atoms with van der Waals surface area (Å²) in [5.41, 5.74) is 1.59. The molecular formula is C22H33N3O3. The highest BCUT2D eigenvalue weighted by atomic mass is 16.5. The van der Waals surface area contributed by atoms with Crippen LogP contribution in [0.2, 0.25) is 0 Å². The maximum absolute atomic E-state index is 6.05. The van der Waals surface area contributed by atoms with Crippen molar-refractivity contribution in [3.05, 3.63) is 23.8 Å². The van der Waals surface area contributed by atoms with E-state index in [4.69, 9.17) is 14.2 Å². The molecule has 3 fully saturated rings. The summed E-state index contributed by atoms with van der Waals surface area (Å²) in [5, 5.41) is 3.80. The first-order valence-electron chi connectivity index (χ1n) is 10.4. The summed E-state index contributed by atoms with van der Waals surface area (Å²) >= 11 is 0. The number of fused-ring (bicyclic) bond motifs is 2. The number of likely N-dealkylation sites (N-methyl/N-ethyl adjacent to an activating group) is 1. The maximum atomic E-state index is 6.05. The highest BCUT2D eigenvalue weighted by molar-refractivity contribution is 5.80. The van der Waals surface area contributed by atoms with E-state index >= 15 is 0 Å². The van der Waals surface area contributed by atoms with Crippen LogP contribution in [0.1, 0.15) is 31.2 Å². The highest BCUT2D eigenvalue weighted by Crippen LogP contribution is 2.62. The molecule has 4 rings (SSSR count). The number of benzene rings is 1. The van der Waals surface area contributed by atoms with Crippen molar-refractivity contribution >= 4 is 5.96 Å². The van der Waals surface area contributed by atoms with Gasteiger partial charge in [-0.25, -0.2) is 0 Å². The van der Waals surface area contributed by atoms with Crippen molar-refractivity contribution in [2.45, 2.75) is 44.2 Å². The Balaban J connectivity index is 1.36. The van der Waals surface area contributed by atoms with Crippen LogP contribution in [0.3, 0.4) is 0 Å². The van der Waals surface area contributed by atoms with E-state index in [0.29, 0.717) is 23.5 Å². The molecule has 154 valence electrons. The molecule has 0 aromatic heterocycles. The van der Waals surface area contributed by atoms with Gasteiger partial charge in [0.05, 0.1) is 20.3 Å². The standard InChI is InChI=1S/C22H33N3O3/c1-23-21(24-19-16-9-13-28-20(16)22(19)10-5-11-22)25(2)12-8-15-6-7-17(26-3)18(14-15)27-4/h6-7,14,16,19-20H,5,8-13H2,1-4H3,(H,23,24). The van der Waals surface area contributed by atoms with Gasteiger partial charge in [-0.2, -0.15) is 0 Å². The summed E-state index contributed by atoms with van der Waals surface area (Å²) < 4.78 is 16.8. The molecule has 0 radical (unpaired) electrons. The Hall–Kier alpha value is -1.95. The van der Waals surface area contributed by atoms with Crippen molar-refractivity contribution in [1.29, 1.82) is 0 Å². The number of hydrogen-bond acceptors (Lipinski definition) is 4.